The fourth-order valence-electron chi connectivity index (χ4n) is 4.76. The molecular formula is C21H28F3N5O3. The van der Waals surface area contributed by atoms with Crippen LogP contribution in [0.4, 0.5) is 13.2 Å². The smallest absolute Gasteiger partial charge is 0.339 e. The number of aromatic amines is 1. The van der Waals surface area contributed by atoms with Crippen LogP contribution in [-0.2, 0) is 22.2 Å². The zero-order valence-electron chi connectivity index (χ0n) is 18.2. The minimum atomic E-state index is -4.76. The Hall–Kier alpha value is -2.43. The second kappa shape index (κ2) is 8.17. The van der Waals surface area contributed by atoms with Crippen molar-refractivity contribution in [3.05, 3.63) is 27.2 Å². The Morgan fingerprint density at radius 1 is 1.16 bits per heavy atom. The fraction of sp³-hybridized carbons (Fsp3) is 0.714. The summed E-state index contributed by atoms with van der Waals surface area (Å²) in [6.45, 7) is 5.96. The molecule has 32 heavy (non-hydrogen) atoms. The Balaban J connectivity index is 1.35. The number of H-pyrrole nitrogens is 1. The molecule has 0 radical (unpaired) electrons. The van der Waals surface area contributed by atoms with Gasteiger partial charge in [0.25, 0.3) is 5.56 Å². The Kier molecular flexibility index (Phi) is 5.81. The van der Waals surface area contributed by atoms with Crippen molar-refractivity contribution < 1.29 is 22.8 Å². The Labute approximate surface area is 183 Å². The van der Waals surface area contributed by atoms with Crippen molar-refractivity contribution in [3.8, 4) is 0 Å². The van der Waals surface area contributed by atoms with Crippen molar-refractivity contribution in [2.75, 3.05) is 32.7 Å². The fourth-order valence-corrected chi connectivity index (χ4v) is 4.76. The molecule has 0 unspecified atom stereocenters. The number of nitrogens with zero attached hydrogens (tertiary/aromatic N) is 3. The summed E-state index contributed by atoms with van der Waals surface area (Å²) in [4.78, 5) is 40.1. The van der Waals surface area contributed by atoms with E-state index in [0.29, 0.717) is 26.2 Å². The molecule has 0 aromatic carbocycles. The predicted octanol–water partition coefficient (Wildman–Crippen LogP) is 1.47. The van der Waals surface area contributed by atoms with Gasteiger partial charge in [-0.1, -0.05) is 13.8 Å². The summed E-state index contributed by atoms with van der Waals surface area (Å²) in [5.41, 5.74) is -2.92. The van der Waals surface area contributed by atoms with Crippen molar-refractivity contribution in [2.45, 2.75) is 51.7 Å². The quantitative estimate of drug-likeness (QED) is 0.701. The Morgan fingerprint density at radius 3 is 2.38 bits per heavy atom. The van der Waals surface area contributed by atoms with Crippen LogP contribution < -0.4 is 10.9 Å². The molecule has 176 valence electrons. The third-order valence-corrected chi connectivity index (χ3v) is 6.64. The highest BCUT2D eigenvalue weighted by Crippen LogP contribution is 2.46. The summed E-state index contributed by atoms with van der Waals surface area (Å²) in [5, 5.41) is 9.07. The van der Waals surface area contributed by atoms with E-state index >= 15 is 0 Å². The van der Waals surface area contributed by atoms with Crippen LogP contribution in [0.1, 0.15) is 56.0 Å². The molecule has 4 rings (SSSR count). The van der Waals surface area contributed by atoms with Gasteiger partial charge in [0.05, 0.1) is 11.7 Å². The second-order valence-electron chi connectivity index (χ2n) is 9.57. The molecule has 11 heteroatoms. The van der Waals surface area contributed by atoms with Crippen molar-refractivity contribution in [3.63, 3.8) is 0 Å². The maximum atomic E-state index is 13.4. The lowest BCUT2D eigenvalue weighted by Gasteiger charge is -2.35. The van der Waals surface area contributed by atoms with Crippen LogP contribution in [0.15, 0.2) is 4.79 Å². The number of hydrogen-bond donors (Lipinski definition) is 2. The Morgan fingerprint density at radius 2 is 1.78 bits per heavy atom. The summed E-state index contributed by atoms with van der Waals surface area (Å²) in [6, 6.07) is -0.517. The molecule has 2 aliphatic carbocycles. The number of fused-ring (bicyclic) bond motifs is 1. The molecule has 1 aromatic heterocycles. The molecule has 2 fully saturated rings. The molecule has 3 aliphatic rings. The first-order valence-corrected chi connectivity index (χ1v) is 11.0. The summed E-state index contributed by atoms with van der Waals surface area (Å²) < 4.78 is 40.3. The molecule has 2 heterocycles. The summed E-state index contributed by atoms with van der Waals surface area (Å²) in [7, 11) is 0. The number of amides is 2. The van der Waals surface area contributed by atoms with Gasteiger partial charge in [-0.05, 0) is 30.2 Å². The van der Waals surface area contributed by atoms with Gasteiger partial charge in [0.1, 0.15) is 5.56 Å². The van der Waals surface area contributed by atoms with Crippen molar-refractivity contribution in [1.29, 1.82) is 0 Å². The molecular weight excluding hydrogens is 427 g/mol. The lowest BCUT2D eigenvalue weighted by molar-refractivity contribution is -0.140. The highest BCUT2D eigenvalue weighted by atomic mass is 19.4. The van der Waals surface area contributed by atoms with E-state index in [1.165, 1.54) is 0 Å². The van der Waals surface area contributed by atoms with Crippen LogP contribution in [0.2, 0.25) is 0 Å². The van der Waals surface area contributed by atoms with E-state index in [0.717, 1.165) is 12.8 Å². The standard InChI is InChI=1S/C21H28F3N5O3/c1-20(2)11-13-15(21(22,23)24)18(31)27-26-16(13)17(20)25-6-5-14(30)28-7-9-29(10-8-28)19(32)12-3-4-12/h12,17,25H,3-11H2,1-2H3,(H,27,31)/t17-/m0/s1. The third-order valence-electron chi connectivity index (χ3n) is 6.64. The van der Waals surface area contributed by atoms with E-state index in [4.69, 9.17) is 0 Å². The van der Waals surface area contributed by atoms with Gasteiger partial charge in [-0.25, -0.2) is 5.10 Å². The molecule has 2 N–H and O–H groups in total. The number of alkyl halides is 3. The number of hydrogen-bond acceptors (Lipinski definition) is 5. The van der Waals surface area contributed by atoms with E-state index in [-0.39, 0.29) is 48.4 Å². The summed E-state index contributed by atoms with van der Waals surface area (Å²) >= 11 is 0. The van der Waals surface area contributed by atoms with Gasteiger partial charge in [-0.3, -0.25) is 14.4 Å². The molecule has 2 amide bonds. The monoisotopic (exact) mass is 455 g/mol. The van der Waals surface area contributed by atoms with Gasteiger partial charge in [0.15, 0.2) is 0 Å². The topological polar surface area (TPSA) is 98.4 Å². The lowest BCUT2D eigenvalue weighted by Crippen LogP contribution is -2.51. The van der Waals surface area contributed by atoms with E-state index in [9.17, 15) is 27.6 Å². The molecule has 8 nitrogen and oxygen atoms in total. The summed E-state index contributed by atoms with van der Waals surface area (Å²) in [6.07, 6.45) is -2.59. The van der Waals surface area contributed by atoms with E-state index < -0.39 is 28.8 Å². The highest BCUT2D eigenvalue weighted by molar-refractivity contribution is 5.81. The zero-order valence-corrected chi connectivity index (χ0v) is 18.2. The van der Waals surface area contributed by atoms with Crippen LogP contribution >= 0.6 is 0 Å². The lowest BCUT2D eigenvalue weighted by atomic mass is 9.85. The first kappa shape index (κ1) is 22.8. The number of nitrogens with one attached hydrogen (secondary N) is 2. The zero-order chi connectivity index (χ0) is 23.3. The number of carbonyl (C=O) groups is 2. The molecule has 1 aromatic rings. The van der Waals surface area contributed by atoms with Crippen LogP contribution in [0.5, 0.6) is 0 Å². The highest BCUT2D eigenvalue weighted by Gasteiger charge is 2.47. The largest absolute Gasteiger partial charge is 0.422 e. The van der Waals surface area contributed by atoms with Crippen LogP contribution in [-0.4, -0.2) is 64.5 Å². The van der Waals surface area contributed by atoms with Crippen LogP contribution in [0.3, 0.4) is 0 Å². The van der Waals surface area contributed by atoms with E-state index in [1.54, 1.807) is 4.90 Å². The van der Waals surface area contributed by atoms with Crippen LogP contribution in [0.25, 0.3) is 0 Å². The molecule has 1 aliphatic heterocycles. The number of rotatable bonds is 5. The number of aromatic nitrogens is 2. The van der Waals surface area contributed by atoms with Gasteiger partial charge >= 0.3 is 6.18 Å². The SMILES string of the molecule is CC1(C)Cc2c(n[nH]c(=O)c2C(F)(F)F)[C@@H]1NCCC(=O)N1CCN(C(=O)C2CC2)CC1. The Bertz CT molecular complexity index is 962. The maximum Gasteiger partial charge on any atom is 0.422 e. The van der Waals surface area contributed by atoms with Gasteiger partial charge < -0.3 is 15.1 Å². The van der Waals surface area contributed by atoms with Gasteiger partial charge in [0.2, 0.25) is 11.8 Å². The van der Waals surface area contributed by atoms with Gasteiger partial charge in [-0.2, -0.15) is 18.3 Å². The summed E-state index contributed by atoms with van der Waals surface area (Å²) in [5.74, 6) is 0.294. The van der Waals surface area contributed by atoms with Crippen LogP contribution in [0, 0.1) is 11.3 Å². The van der Waals surface area contributed by atoms with E-state index in [1.807, 2.05) is 23.8 Å². The number of carbonyl (C=O) groups excluding carboxylic acids is 2. The van der Waals surface area contributed by atoms with Gasteiger partial charge in [-0.15, -0.1) is 0 Å². The van der Waals surface area contributed by atoms with Crippen molar-refractivity contribution in [1.82, 2.24) is 25.3 Å². The minimum absolute atomic E-state index is 0.0579. The molecule has 1 atom stereocenters. The first-order valence-electron chi connectivity index (χ1n) is 11.0. The first-order chi connectivity index (χ1) is 15.0. The number of halogens is 3. The van der Waals surface area contributed by atoms with Gasteiger partial charge in [0, 0.05) is 45.1 Å². The van der Waals surface area contributed by atoms with Crippen molar-refractivity contribution in [2.24, 2.45) is 11.3 Å². The number of piperazine rings is 1. The maximum absolute atomic E-state index is 13.4. The average molecular weight is 455 g/mol. The van der Waals surface area contributed by atoms with E-state index in [2.05, 4.69) is 10.4 Å². The van der Waals surface area contributed by atoms with Crippen molar-refractivity contribution >= 4 is 11.8 Å². The second-order valence-corrected chi connectivity index (χ2v) is 9.57. The average Bonchev–Trinajstić information content (AvgIpc) is 3.52. The molecule has 1 saturated heterocycles. The normalized spacial score (nSPS) is 22.7. The third kappa shape index (κ3) is 4.39. The molecule has 0 spiro atoms. The minimum Gasteiger partial charge on any atom is -0.339 e. The molecule has 0 bridgehead atoms. The predicted molar refractivity (Wildman–Crippen MR) is 109 cm³/mol. The molecule has 1 saturated carbocycles.